The lowest BCUT2D eigenvalue weighted by molar-refractivity contribution is -0.113. The van der Waals surface area contributed by atoms with E-state index >= 15 is 0 Å². The number of ether oxygens (including phenoxy) is 1. The maximum absolute atomic E-state index is 12.5. The van der Waals surface area contributed by atoms with Gasteiger partial charge in [-0.15, -0.1) is 11.3 Å². The number of methoxy groups -OCH3 is 1. The Kier molecular flexibility index (Phi) is 5.55. The van der Waals surface area contributed by atoms with Crippen LogP contribution in [0.1, 0.15) is 29.3 Å². The summed E-state index contributed by atoms with van der Waals surface area (Å²) in [6, 6.07) is 5.74. The molecule has 4 rings (SSSR count). The summed E-state index contributed by atoms with van der Waals surface area (Å²) in [4.78, 5) is 24.0. The third-order valence-corrected chi connectivity index (χ3v) is 7.18. The fourth-order valence-electron chi connectivity index (χ4n) is 3.60. The van der Waals surface area contributed by atoms with Gasteiger partial charge >= 0.3 is 0 Å². The van der Waals surface area contributed by atoms with Crippen LogP contribution in [0.25, 0.3) is 10.2 Å². The Morgan fingerprint density at radius 2 is 2.25 bits per heavy atom. The number of nitrogens with zero attached hydrogens (tertiary/aromatic N) is 2. The zero-order valence-electron chi connectivity index (χ0n) is 16.2. The second kappa shape index (κ2) is 8.09. The molecule has 7 heteroatoms. The summed E-state index contributed by atoms with van der Waals surface area (Å²) in [5.74, 6) is 1.61. The standard InChI is InChI=1S/C21H23N3O2S2/c1-12-5-7-16(26-3)15(8-12)24-18(25)10-27-20-19-14-6-4-13(2)9-17(14)28-21(19)23-11-22-20/h5,7-8,11,13H,4,6,9-10H2,1-3H3,(H,24,25)/t13-/m0/s1. The molecule has 0 aliphatic heterocycles. The molecule has 2 heterocycles. The molecule has 28 heavy (non-hydrogen) atoms. The van der Waals surface area contributed by atoms with Gasteiger partial charge < -0.3 is 10.1 Å². The van der Waals surface area contributed by atoms with E-state index in [1.165, 1.54) is 28.6 Å². The largest absolute Gasteiger partial charge is 0.495 e. The van der Waals surface area contributed by atoms with Gasteiger partial charge in [-0.05, 0) is 55.4 Å². The number of carbonyl (C=O) groups excluding carboxylic acids is 1. The molecule has 0 radical (unpaired) electrons. The van der Waals surface area contributed by atoms with Crippen LogP contribution in [0.15, 0.2) is 29.6 Å². The molecule has 5 nitrogen and oxygen atoms in total. The number of thiophene rings is 1. The number of hydrogen-bond donors (Lipinski definition) is 1. The van der Waals surface area contributed by atoms with Crippen LogP contribution in [-0.4, -0.2) is 28.7 Å². The lowest BCUT2D eigenvalue weighted by atomic mass is 9.89. The number of carbonyl (C=O) groups is 1. The molecule has 1 aliphatic rings. The van der Waals surface area contributed by atoms with Crippen molar-refractivity contribution in [1.82, 2.24) is 9.97 Å². The number of benzene rings is 1. The number of fused-ring (bicyclic) bond motifs is 3. The molecular weight excluding hydrogens is 390 g/mol. The van der Waals surface area contributed by atoms with Gasteiger partial charge in [-0.2, -0.15) is 0 Å². The van der Waals surface area contributed by atoms with Gasteiger partial charge in [0.25, 0.3) is 0 Å². The van der Waals surface area contributed by atoms with E-state index in [2.05, 4.69) is 22.2 Å². The first kappa shape index (κ1) is 19.2. The molecule has 1 aromatic carbocycles. The van der Waals surface area contributed by atoms with Gasteiger partial charge in [-0.25, -0.2) is 9.97 Å². The molecule has 0 bridgehead atoms. The van der Waals surface area contributed by atoms with Gasteiger partial charge in [-0.1, -0.05) is 24.8 Å². The van der Waals surface area contributed by atoms with E-state index in [-0.39, 0.29) is 5.91 Å². The lowest BCUT2D eigenvalue weighted by Crippen LogP contribution is -2.15. The number of aromatic nitrogens is 2. The maximum Gasteiger partial charge on any atom is 0.234 e. The van der Waals surface area contributed by atoms with Crippen molar-refractivity contribution in [3.05, 3.63) is 40.5 Å². The molecule has 0 unspecified atom stereocenters. The average Bonchev–Trinajstić information content (AvgIpc) is 3.04. The van der Waals surface area contributed by atoms with E-state index < -0.39 is 0 Å². The van der Waals surface area contributed by atoms with Crippen molar-refractivity contribution in [2.24, 2.45) is 5.92 Å². The maximum atomic E-state index is 12.5. The third-order valence-electron chi connectivity index (χ3n) is 5.03. The van der Waals surface area contributed by atoms with Crippen LogP contribution in [0.2, 0.25) is 0 Å². The molecule has 1 aliphatic carbocycles. The van der Waals surface area contributed by atoms with Crippen molar-refractivity contribution in [2.75, 3.05) is 18.2 Å². The Labute approximate surface area is 172 Å². The van der Waals surface area contributed by atoms with Gasteiger partial charge in [0.2, 0.25) is 5.91 Å². The Morgan fingerprint density at radius 1 is 1.39 bits per heavy atom. The summed E-state index contributed by atoms with van der Waals surface area (Å²) in [6.07, 6.45) is 5.00. The quantitative estimate of drug-likeness (QED) is 0.478. The monoisotopic (exact) mass is 413 g/mol. The van der Waals surface area contributed by atoms with Crippen molar-refractivity contribution in [2.45, 2.75) is 38.1 Å². The highest BCUT2D eigenvalue weighted by molar-refractivity contribution is 8.00. The van der Waals surface area contributed by atoms with Gasteiger partial charge in [0, 0.05) is 10.3 Å². The zero-order valence-corrected chi connectivity index (χ0v) is 17.9. The molecule has 0 fully saturated rings. The molecule has 2 aromatic heterocycles. The van der Waals surface area contributed by atoms with Crippen LogP contribution in [0, 0.1) is 12.8 Å². The first-order chi connectivity index (χ1) is 13.5. The molecule has 0 saturated carbocycles. The van der Waals surface area contributed by atoms with Crippen LogP contribution in [0.3, 0.4) is 0 Å². The minimum absolute atomic E-state index is 0.0709. The summed E-state index contributed by atoms with van der Waals surface area (Å²) in [5.41, 5.74) is 3.16. The molecular formula is C21H23N3O2S2. The van der Waals surface area contributed by atoms with Crippen molar-refractivity contribution in [3.63, 3.8) is 0 Å². The van der Waals surface area contributed by atoms with E-state index in [4.69, 9.17) is 4.74 Å². The molecule has 1 N–H and O–H groups in total. The lowest BCUT2D eigenvalue weighted by Gasteiger charge is -2.18. The van der Waals surface area contributed by atoms with Crippen LogP contribution >= 0.6 is 23.1 Å². The Balaban J connectivity index is 1.52. The van der Waals surface area contributed by atoms with Crippen molar-refractivity contribution in [3.8, 4) is 5.75 Å². The number of nitrogens with one attached hydrogen (secondary N) is 1. The first-order valence-corrected chi connectivity index (χ1v) is 11.2. The van der Waals surface area contributed by atoms with Crippen molar-refractivity contribution >= 4 is 44.9 Å². The Bertz CT molecular complexity index is 1030. The fraction of sp³-hybridized carbons (Fsp3) is 0.381. The number of amides is 1. The number of rotatable bonds is 5. The van der Waals surface area contributed by atoms with Gasteiger partial charge in [0.15, 0.2) is 0 Å². The molecule has 0 spiro atoms. The summed E-state index contributed by atoms with van der Waals surface area (Å²) in [7, 11) is 1.60. The number of hydrogen-bond acceptors (Lipinski definition) is 6. The minimum atomic E-state index is -0.0709. The molecule has 146 valence electrons. The number of thioether (sulfide) groups is 1. The van der Waals surface area contributed by atoms with Crippen LogP contribution in [0.5, 0.6) is 5.75 Å². The average molecular weight is 414 g/mol. The predicted molar refractivity (Wildman–Crippen MR) is 116 cm³/mol. The summed E-state index contributed by atoms with van der Waals surface area (Å²) in [6.45, 7) is 4.29. The Morgan fingerprint density at radius 3 is 3.07 bits per heavy atom. The topological polar surface area (TPSA) is 64.1 Å². The predicted octanol–water partition coefficient (Wildman–Crippen LogP) is 4.86. The highest BCUT2D eigenvalue weighted by Crippen LogP contribution is 2.40. The van der Waals surface area contributed by atoms with E-state index in [0.29, 0.717) is 17.2 Å². The molecule has 0 saturated heterocycles. The highest BCUT2D eigenvalue weighted by atomic mass is 32.2. The highest BCUT2D eigenvalue weighted by Gasteiger charge is 2.23. The molecule has 1 atom stereocenters. The smallest absolute Gasteiger partial charge is 0.234 e. The zero-order chi connectivity index (χ0) is 19.7. The second-order valence-electron chi connectivity index (χ2n) is 7.25. The summed E-state index contributed by atoms with van der Waals surface area (Å²) < 4.78 is 5.34. The summed E-state index contributed by atoms with van der Waals surface area (Å²) in [5, 5.41) is 5.02. The van der Waals surface area contributed by atoms with E-state index in [0.717, 1.165) is 39.6 Å². The van der Waals surface area contributed by atoms with Crippen LogP contribution in [0.4, 0.5) is 5.69 Å². The van der Waals surface area contributed by atoms with E-state index in [1.54, 1.807) is 24.8 Å². The van der Waals surface area contributed by atoms with E-state index in [9.17, 15) is 4.79 Å². The minimum Gasteiger partial charge on any atom is -0.495 e. The van der Waals surface area contributed by atoms with Crippen LogP contribution in [-0.2, 0) is 17.6 Å². The van der Waals surface area contributed by atoms with E-state index in [1.807, 2.05) is 25.1 Å². The fourth-order valence-corrected chi connectivity index (χ4v) is 5.84. The van der Waals surface area contributed by atoms with Gasteiger partial charge in [-0.3, -0.25) is 4.79 Å². The second-order valence-corrected chi connectivity index (χ2v) is 9.30. The van der Waals surface area contributed by atoms with Gasteiger partial charge in [0.05, 0.1) is 18.6 Å². The molecule has 1 amide bonds. The van der Waals surface area contributed by atoms with Gasteiger partial charge in [0.1, 0.15) is 21.9 Å². The normalized spacial score (nSPS) is 16.0. The van der Waals surface area contributed by atoms with Crippen molar-refractivity contribution < 1.29 is 9.53 Å². The SMILES string of the molecule is COc1ccc(C)cc1NC(=O)CSc1ncnc2sc3c(c12)CC[C@H](C)C3. The molecule has 3 aromatic rings. The first-order valence-electron chi connectivity index (χ1n) is 9.37. The number of anilines is 1. The Hall–Kier alpha value is -2.12. The third kappa shape index (κ3) is 3.86. The summed E-state index contributed by atoms with van der Waals surface area (Å²) >= 11 is 3.26. The van der Waals surface area contributed by atoms with Crippen molar-refractivity contribution in [1.29, 1.82) is 0 Å². The number of aryl methyl sites for hydroxylation is 2. The van der Waals surface area contributed by atoms with Crippen LogP contribution < -0.4 is 10.1 Å².